The molecule has 0 unspecified atom stereocenters. The maximum absolute atomic E-state index is 11.5. The Morgan fingerprint density at radius 1 is 1.50 bits per heavy atom. The van der Waals surface area contributed by atoms with Crippen molar-refractivity contribution in [1.82, 2.24) is 5.32 Å². The molecule has 1 heterocycles. The molecule has 0 spiro atoms. The molecule has 1 aliphatic heterocycles. The molecule has 0 radical (unpaired) electrons. The van der Waals surface area contributed by atoms with Crippen LogP contribution in [-0.4, -0.2) is 25.7 Å². The van der Waals surface area contributed by atoms with Crippen LogP contribution in [-0.2, 0) is 22.5 Å². The van der Waals surface area contributed by atoms with Crippen molar-refractivity contribution in [2.75, 3.05) is 19.8 Å². The summed E-state index contributed by atoms with van der Waals surface area (Å²) in [6, 6.07) is 4.12. The second-order valence-electron chi connectivity index (χ2n) is 4.83. The van der Waals surface area contributed by atoms with Crippen molar-refractivity contribution >= 4 is 21.9 Å². The van der Waals surface area contributed by atoms with E-state index in [1.54, 1.807) is 0 Å². The van der Waals surface area contributed by atoms with E-state index < -0.39 is 0 Å². The second-order valence-corrected chi connectivity index (χ2v) is 5.74. The molecule has 0 saturated carbocycles. The molecule has 0 aliphatic carbocycles. The standard InChI is InChI=1S/C15H20BrNO3/c1-2-3-5-19-14(18)10-17-9-12-8-13(16)7-11-4-6-20-15(11)12/h7-8,17H,2-6,9-10H2,1H3. The van der Waals surface area contributed by atoms with Crippen molar-refractivity contribution in [3.05, 3.63) is 27.7 Å². The van der Waals surface area contributed by atoms with Crippen LogP contribution >= 0.6 is 15.9 Å². The highest BCUT2D eigenvalue weighted by molar-refractivity contribution is 9.10. The van der Waals surface area contributed by atoms with E-state index >= 15 is 0 Å². The lowest BCUT2D eigenvalue weighted by atomic mass is 10.1. The number of hydrogen-bond donors (Lipinski definition) is 1. The zero-order valence-corrected chi connectivity index (χ0v) is 13.3. The largest absolute Gasteiger partial charge is 0.493 e. The molecule has 110 valence electrons. The predicted octanol–water partition coefficient (Wildman–Crippen LogP) is 2.82. The summed E-state index contributed by atoms with van der Waals surface area (Å²) < 4.78 is 11.8. The molecule has 2 rings (SSSR count). The van der Waals surface area contributed by atoms with Gasteiger partial charge >= 0.3 is 5.97 Å². The number of nitrogens with one attached hydrogen (secondary N) is 1. The molecule has 0 fully saturated rings. The Kier molecular flexibility index (Phi) is 5.86. The highest BCUT2D eigenvalue weighted by atomic mass is 79.9. The van der Waals surface area contributed by atoms with Gasteiger partial charge in [0.05, 0.1) is 19.8 Å². The number of carbonyl (C=O) groups is 1. The first kappa shape index (κ1) is 15.3. The van der Waals surface area contributed by atoms with Crippen LogP contribution in [0.2, 0.25) is 0 Å². The monoisotopic (exact) mass is 341 g/mol. The van der Waals surface area contributed by atoms with Gasteiger partial charge in [0.15, 0.2) is 0 Å². The first-order valence-electron chi connectivity index (χ1n) is 7.01. The average Bonchev–Trinajstić information content (AvgIpc) is 2.87. The van der Waals surface area contributed by atoms with Gasteiger partial charge in [-0.15, -0.1) is 0 Å². The maximum atomic E-state index is 11.5. The van der Waals surface area contributed by atoms with E-state index in [-0.39, 0.29) is 12.5 Å². The van der Waals surface area contributed by atoms with E-state index in [0.717, 1.165) is 41.7 Å². The molecule has 1 aromatic carbocycles. The number of fused-ring (bicyclic) bond motifs is 1. The molecule has 4 nitrogen and oxygen atoms in total. The molecule has 1 N–H and O–H groups in total. The fourth-order valence-corrected chi connectivity index (χ4v) is 2.71. The summed E-state index contributed by atoms with van der Waals surface area (Å²) in [6.07, 6.45) is 2.89. The molecule has 5 heteroatoms. The van der Waals surface area contributed by atoms with Crippen molar-refractivity contribution in [2.24, 2.45) is 0 Å². The van der Waals surface area contributed by atoms with Gasteiger partial charge in [-0.25, -0.2) is 0 Å². The summed E-state index contributed by atoms with van der Waals surface area (Å²) in [4.78, 5) is 11.5. The highest BCUT2D eigenvalue weighted by Crippen LogP contribution is 2.32. The predicted molar refractivity (Wildman–Crippen MR) is 80.9 cm³/mol. The third-order valence-electron chi connectivity index (χ3n) is 3.17. The van der Waals surface area contributed by atoms with Crippen molar-refractivity contribution in [3.63, 3.8) is 0 Å². The molecule has 1 aromatic rings. The summed E-state index contributed by atoms with van der Waals surface area (Å²) in [7, 11) is 0. The first-order valence-corrected chi connectivity index (χ1v) is 7.80. The van der Waals surface area contributed by atoms with E-state index in [2.05, 4.69) is 34.2 Å². The SMILES string of the molecule is CCCCOC(=O)CNCc1cc(Br)cc2c1OCC2. The van der Waals surface area contributed by atoms with Crippen LogP contribution in [0.1, 0.15) is 30.9 Å². The van der Waals surface area contributed by atoms with Crippen LogP contribution in [0, 0.1) is 0 Å². The van der Waals surface area contributed by atoms with E-state index in [0.29, 0.717) is 13.2 Å². The summed E-state index contributed by atoms with van der Waals surface area (Å²) in [5, 5.41) is 3.11. The summed E-state index contributed by atoms with van der Waals surface area (Å²) in [5.74, 6) is 0.756. The number of halogens is 1. The Morgan fingerprint density at radius 2 is 2.35 bits per heavy atom. The fraction of sp³-hybridized carbons (Fsp3) is 0.533. The van der Waals surface area contributed by atoms with Crippen LogP contribution < -0.4 is 10.1 Å². The second kappa shape index (κ2) is 7.64. The Balaban J connectivity index is 1.81. The molecule has 0 saturated heterocycles. The summed E-state index contributed by atoms with van der Waals surface area (Å²) in [6.45, 7) is 4.14. The van der Waals surface area contributed by atoms with Crippen LogP contribution in [0.3, 0.4) is 0 Å². The van der Waals surface area contributed by atoms with Crippen molar-refractivity contribution < 1.29 is 14.3 Å². The molecule has 0 aromatic heterocycles. The third-order valence-corrected chi connectivity index (χ3v) is 3.63. The smallest absolute Gasteiger partial charge is 0.319 e. The minimum absolute atomic E-state index is 0.203. The lowest BCUT2D eigenvalue weighted by Gasteiger charge is -2.10. The van der Waals surface area contributed by atoms with E-state index in [1.165, 1.54) is 5.56 Å². The minimum atomic E-state index is -0.203. The Morgan fingerprint density at radius 3 is 3.15 bits per heavy atom. The fourth-order valence-electron chi connectivity index (χ4n) is 2.16. The van der Waals surface area contributed by atoms with E-state index in [9.17, 15) is 4.79 Å². The number of ether oxygens (including phenoxy) is 2. The van der Waals surface area contributed by atoms with Crippen LogP contribution in [0.4, 0.5) is 0 Å². The van der Waals surface area contributed by atoms with Crippen LogP contribution in [0.5, 0.6) is 5.75 Å². The quantitative estimate of drug-likeness (QED) is 0.612. The summed E-state index contributed by atoms with van der Waals surface area (Å²) >= 11 is 3.50. The topological polar surface area (TPSA) is 47.6 Å². The van der Waals surface area contributed by atoms with Gasteiger partial charge in [0.1, 0.15) is 5.75 Å². The number of hydrogen-bond acceptors (Lipinski definition) is 4. The Bertz CT molecular complexity index is 476. The number of rotatable bonds is 7. The molecule has 1 aliphatic rings. The molecule has 20 heavy (non-hydrogen) atoms. The van der Waals surface area contributed by atoms with E-state index in [1.807, 2.05) is 6.07 Å². The number of unbranched alkanes of at least 4 members (excludes halogenated alkanes) is 1. The van der Waals surface area contributed by atoms with Crippen LogP contribution in [0.25, 0.3) is 0 Å². The van der Waals surface area contributed by atoms with Crippen molar-refractivity contribution in [3.8, 4) is 5.75 Å². The van der Waals surface area contributed by atoms with Gasteiger partial charge < -0.3 is 14.8 Å². The highest BCUT2D eigenvalue weighted by Gasteiger charge is 2.17. The number of benzene rings is 1. The minimum Gasteiger partial charge on any atom is -0.493 e. The Hall–Kier alpha value is -1.07. The average molecular weight is 342 g/mol. The van der Waals surface area contributed by atoms with Gasteiger partial charge in [0.2, 0.25) is 0 Å². The van der Waals surface area contributed by atoms with Crippen molar-refractivity contribution in [1.29, 1.82) is 0 Å². The van der Waals surface area contributed by atoms with Crippen molar-refractivity contribution in [2.45, 2.75) is 32.7 Å². The maximum Gasteiger partial charge on any atom is 0.319 e. The first-order chi connectivity index (χ1) is 9.70. The molecule has 0 atom stereocenters. The molecule has 0 amide bonds. The van der Waals surface area contributed by atoms with Gasteiger partial charge in [-0.05, 0) is 24.1 Å². The van der Waals surface area contributed by atoms with Gasteiger partial charge in [-0.1, -0.05) is 29.3 Å². The van der Waals surface area contributed by atoms with Gasteiger partial charge in [0.25, 0.3) is 0 Å². The zero-order valence-electron chi connectivity index (χ0n) is 11.7. The van der Waals surface area contributed by atoms with E-state index in [4.69, 9.17) is 9.47 Å². The lowest BCUT2D eigenvalue weighted by Crippen LogP contribution is -2.24. The Labute approximate surface area is 128 Å². The normalized spacial score (nSPS) is 12.9. The molecule has 0 bridgehead atoms. The van der Waals surface area contributed by atoms with Gasteiger partial charge in [0, 0.05) is 23.0 Å². The number of carbonyl (C=O) groups excluding carboxylic acids is 1. The van der Waals surface area contributed by atoms with Gasteiger partial charge in [-0.3, -0.25) is 4.79 Å². The third kappa shape index (κ3) is 4.21. The number of esters is 1. The molecular weight excluding hydrogens is 322 g/mol. The van der Waals surface area contributed by atoms with Crippen LogP contribution in [0.15, 0.2) is 16.6 Å². The molecular formula is C15H20BrNO3. The van der Waals surface area contributed by atoms with Gasteiger partial charge in [-0.2, -0.15) is 0 Å². The summed E-state index contributed by atoms with van der Waals surface area (Å²) in [5.41, 5.74) is 2.30. The lowest BCUT2D eigenvalue weighted by molar-refractivity contribution is -0.142. The zero-order chi connectivity index (χ0) is 14.4.